The monoisotopic (exact) mass is 292 g/mol. The number of hydrogen-bond acceptors (Lipinski definition) is 3. The molecule has 0 unspecified atom stereocenters. The lowest BCUT2D eigenvalue weighted by Crippen LogP contribution is -2.00. The van der Waals surface area contributed by atoms with Crippen molar-refractivity contribution in [3.63, 3.8) is 0 Å². The number of aromatic nitrogens is 2. The topological polar surface area (TPSA) is 34.9 Å². The van der Waals surface area contributed by atoms with E-state index in [1.807, 2.05) is 24.7 Å². The zero-order chi connectivity index (χ0) is 14.5. The number of carbonyl (C=O) groups is 1. The Hall–Kier alpha value is -1.62. The van der Waals surface area contributed by atoms with Gasteiger partial charge in [-0.05, 0) is 49.4 Å². The molecular weight excluding hydrogens is 275 g/mol. The highest BCUT2D eigenvalue weighted by atomic mass is 32.2. The number of halogens is 1. The summed E-state index contributed by atoms with van der Waals surface area (Å²) in [6.07, 6.45) is 1.28. The van der Waals surface area contributed by atoms with E-state index in [0.29, 0.717) is 12.0 Å². The molecule has 0 spiro atoms. The van der Waals surface area contributed by atoms with Crippen molar-refractivity contribution in [3.8, 4) is 0 Å². The molecule has 0 aliphatic heterocycles. The molecule has 0 fully saturated rings. The summed E-state index contributed by atoms with van der Waals surface area (Å²) in [5.74, 6) is 0.613. The molecule has 1 aromatic heterocycles. The van der Waals surface area contributed by atoms with Gasteiger partial charge in [0, 0.05) is 19.0 Å². The van der Waals surface area contributed by atoms with Gasteiger partial charge in [0.2, 0.25) is 0 Å². The third-order valence-electron chi connectivity index (χ3n) is 2.92. The third-order valence-corrected chi connectivity index (χ3v) is 4.09. The average Bonchev–Trinajstić information content (AvgIpc) is 2.73. The van der Waals surface area contributed by atoms with E-state index in [1.165, 1.54) is 24.3 Å². The van der Waals surface area contributed by atoms with Gasteiger partial charge in [-0.15, -0.1) is 11.8 Å². The van der Waals surface area contributed by atoms with Gasteiger partial charge in [0.15, 0.2) is 5.78 Å². The highest BCUT2D eigenvalue weighted by molar-refractivity contribution is 7.99. The molecule has 2 rings (SSSR count). The first-order valence-corrected chi connectivity index (χ1v) is 7.47. The Morgan fingerprint density at radius 3 is 2.65 bits per heavy atom. The molecule has 5 heteroatoms. The fraction of sp³-hybridized carbons (Fsp3) is 0.333. The first-order chi connectivity index (χ1) is 9.56. The molecule has 0 radical (unpaired) electrons. The summed E-state index contributed by atoms with van der Waals surface area (Å²) in [6.45, 7) is 1.96. The highest BCUT2D eigenvalue weighted by Crippen LogP contribution is 2.20. The van der Waals surface area contributed by atoms with Crippen molar-refractivity contribution in [3.05, 3.63) is 47.4 Å². The molecule has 0 saturated heterocycles. The van der Waals surface area contributed by atoms with E-state index in [-0.39, 0.29) is 11.6 Å². The van der Waals surface area contributed by atoms with Crippen molar-refractivity contribution in [2.75, 3.05) is 5.75 Å². The Kier molecular flexibility index (Phi) is 4.95. The minimum absolute atomic E-state index is 0.0618. The molecule has 1 aromatic carbocycles. The molecule has 2 aromatic rings. The lowest BCUT2D eigenvalue weighted by molar-refractivity contribution is 0.0982. The standard InChI is InChI=1S/C15H17FN2OS/c1-11-10-15(18(2)17-11)20-9-3-4-14(19)12-5-7-13(16)8-6-12/h5-8,10H,3-4,9H2,1-2H3. The number of benzene rings is 1. The molecule has 106 valence electrons. The Morgan fingerprint density at radius 1 is 1.35 bits per heavy atom. The van der Waals surface area contributed by atoms with Crippen LogP contribution in [0, 0.1) is 12.7 Å². The highest BCUT2D eigenvalue weighted by Gasteiger charge is 2.07. The van der Waals surface area contributed by atoms with Crippen LogP contribution in [0.5, 0.6) is 0 Å². The lowest BCUT2D eigenvalue weighted by Gasteiger charge is -2.02. The number of nitrogens with zero attached hydrogens (tertiary/aromatic N) is 2. The fourth-order valence-corrected chi connectivity index (χ4v) is 2.89. The quantitative estimate of drug-likeness (QED) is 0.463. The van der Waals surface area contributed by atoms with Crippen molar-refractivity contribution < 1.29 is 9.18 Å². The van der Waals surface area contributed by atoms with E-state index in [4.69, 9.17) is 0 Å². The lowest BCUT2D eigenvalue weighted by atomic mass is 10.1. The number of rotatable bonds is 6. The van der Waals surface area contributed by atoms with Crippen molar-refractivity contribution >= 4 is 17.5 Å². The van der Waals surface area contributed by atoms with Crippen LogP contribution in [0.25, 0.3) is 0 Å². The number of ketones is 1. The fourth-order valence-electron chi connectivity index (χ4n) is 1.91. The maximum absolute atomic E-state index is 12.8. The van der Waals surface area contributed by atoms with Gasteiger partial charge in [-0.1, -0.05) is 0 Å². The van der Waals surface area contributed by atoms with Crippen LogP contribution in [0.2, 0.25) is 0 Å². The van der Waals surface area contributed by atoms with Gasteiger partial charge in [0.05, 0.1) is 10.7 Å². The van der Waals surface area contributed by atoms with E-state index >= 15 is 0 Å². The first-order valence-electron chi connectivity index (χ1n) is 6.48. The summed E-state index contributed by atoms with van der Waals surface area (Å²) in [7, 11) is 1.92. The molecule has 0 bridgehead atoms. The second-order valence-electron chi connectivity index (χ2n) is 4.63. The third kappa shape index (κ3) is 3.93. The van der Waals surface area contributed by atoms with Crippen LogP contribution in [-0.2, 0) is 7.05 Å². The molecule has 0 amide bonds. The summed E-state index contributed by atoms with van der Waals surface area (Å²) in [5.41, 5.74) is 1.57. The second-order valence-corrected chi connectivity index (χ2v) is 5.74. The van der Waals surface area contributed by atoms with Crippen LogP contribution in [-0.4, -0.2) is 21.3 Å². The molecule has 0 aliphatic carbocycles. The van der Waals surface area contributed by atoms with Gasteiger partial charge in [0.25, 0.3) is 0 Å². The first kappa shape index (κ1) is 14.8. The number of aryl methyl sites for hydroxylation is 2. The maximum Gasteiger partial charge on any atom is 0.162 e. The summed E-state index contributed by atoms with van der Waals surface area (Å²) in [6, 6.07) is 7.75. The SMILES string of the molecule is Cc1cc(SCCCC(=O)c2ccc(F)cc2)n(C)n1. The van der Waals surface area contributed by atoms with Gasteiger partial charge >= 0.3 is 0 Å². The summed E-state index contributed by atoms with van der Waals surface area (Å²) in [5, 5.41) is 5.38. The van der Waals surface area contributed by atoms with E-state index < -0.39 is 0 Å². The van der Waals surface area contributed by atoms with Crippen molar-refractivity contribution in [1.82, 2.24) is 9.78 Å². The van der Waals surface area contributed by atoms with Crippen molar-refractivity contribution in [2.45, 2.75) is 24.8 Å². The molecular formula is C15H17FN2OS. The zero-order valence-corrected chi connectivity index (χ0v) is 12.4. The minimum atomic E-state index is -0.316. The Bertz CT molecular complexity index is 592. The van der Waals surface area contributed by atoms with Crippen LogP contribution < -0.4 is 0 Å². The van der Waals surface area contributed by atoms with Crippen LogP contribution >= 0.6 is 11.8 Å². The molecule has 20 heavy (non-hydrogen) atoms. The summed E-state index contributed by atoms with van der Waals surface area (Å²) < 4.78 is 14.6. The average molecular weight is 292 g/mol. The van der Waals surface area contributed by atoms with E-state index in [9.17, 15) is 9.18 Å². The molecule has 0 saturated carbocycles. The Morgan fingerprint density at radius 2 is 2.05 bits per heavy atom. The van der Waals surface area contributed by atoms with Gasteiger partial charge in [-0.25, -0.2) is 4.39 Å². The van der Waals surface area contributed by atoms with Crippen LogP contribution in [0.4, 0.5) is 4.39 Å². The predicted molar refractivity (Wildman–Crippen MR) is 78.6 cm³/mol. The maximum atomic E-state index is 12.8. The van der Waals surface area contributed by atoms with Gasteiger partial charge in [-0.3, -0.25) is 9.48 Å². The van der Waals surface area contributed by atoms with Gasteiger partial charge in [0.1, 0.15) is 5.82 Å². The number of carbonyl (C=O) groups excluding carboxylic acids is 1. The smallest absolute Gasteiger partial charge is 0.162 e. The molecule has 0 N–H and O–H groups in total. The largest absolute Gasteiger partial charge is 0.294 e. The second kappa shape index (κ2) is 6.70. The molecule has 3 nitrogen and oxygen atoms in total. The van der Waals surface area contributed by atoms with Crippen molar-refractivity contribution in [2.24, 2.45) is 7.05 Å². The number of hydrogen-bond donors (Lipinski definition) is 0. The van der Waals surface area contributed by atoms with Gasteiger partial charge in [-0.2, -0.15) is 5.10 Å². The Balaban J connectivity index is 1.77. The number of thioether (sulfide) groups is 1. The predicted octanol–water partition coefficient (Wildman–Crippen LogP) is 3.62. The molecule has 0 aliphatic rings. The molecule has 1 heterocycles. The summed E-state index contributed by atoms with van der Waals surface area (Å²) in [4.78, 5) is 11.9. The Labute approximate surface area is 122 Å². The zero-order valence-electron chi connectivity index (χ0n) is 11.6. The van der Waals surface area contributed by atoms with E-state index in [1.54, 1.807) is 11.8 Å². The van der Waals surface area contributed by atoms with Crippen LogP contribution in [0.1, 0.15) is 28.9 Å². The number of Topliss-reactive ketones (excluding diaryl/α,β-unsaturated/α-hetero) is 1. The van der Waals surface area contributed by atoms with E-state index in [0.717, 1.165) is 22.9 Å². The van der Waals surface area contributed by atoms with Crippen LogP contribution in [0.15, 0.2) is 35.4 Å². The van der Waals surface area contributed by atoms with E-state index in [2.05, 4.69) is 5.10 Å². The van der Waals surface area contributed by atoms with Crippen LogP contribution in [0.3, 0.4) is 0 Å². The summed E-state index contributed by atoms with van der Waals surface area (Å²) >= 11 is 1.70. The molecule has 0 atom stereocenters. The van der Waals surface area contributed by atoms with Gasteiger partial charge < -0.3 is 0 Å². The van der Waals surface area contributed by atoms with Crippen molar-refractivity contribution in [1.29, 1.82) is 0 Å². The minimum Gasteiger partial charge on any atom is -0.294 e. The normalized spacial score (nSPS) is 10.8.